The predicted molar refractivity (Wildman–Crippen MR) is 226 cm³/mol. The Hall–Kier alpha value is -6.91. The van der Waals surface area contributed by atoms with Gasteiger partial charge >= 0.3 is 0 Å². The van der Waals surface area contributed by atoms with Crippen LogP contribution in [0.4, 0.5) is 0 Å². The van der Waals surface area contributed by atoms with E-state index in [0.29, 0.717) is 0 Å². The molecule has 54 heavy (non-hydrogen) atoms. The van der Waals surface area contributed by atoms with Crippen molar-refractivity contribution in [3.63, 3.8) is 0 Å². The van der Waals surface area contributed by atoms with Gasteiger partial charge < -0.3 is 14.5 Å². The van der Waals surface area contributed by atoms with E-state index in [1.165, 1.54) is 60.2 Å². The highest BCUT2D eigenvalue weighted by Crippen LogP contribution is 2.43. The smallest absolute Gasteiger partial charge is 0.201 e. The summed E-state index contributed by atoms with van der Waals surface area (Å²) in [6.07, 6.45) is 11.7. The summed E-state index contributed by atoms with van der Waals surface area (Å²) in [5, 5.41) is 11.4. The molecule has 2 atom stereocenters. The summed E-state index contributed by atoms with van der Waals surface area (Å²) < 4.78 is 4.89. The van der Waals surface area contributed by atoms with E-state index in [-0.39, 0.29) is 12.2 Å². The molecule has 11 rings (SSSR count). The normalized spacial score (nSPS) is 17.0. The first-order valence-electron chi connectivity index (χ1n) is 18.8. The molecule has 0 spiro atoms. The second-order valence-electron chi connectivity index (χ2n) is 14.4. The SMILES string of the molecule is C1=CCC(C2=CC(c3ccc(-c4ccccc4)cc3)=NC(n3c4ccccc4c4c5c(ccc43)c3cc4ccccc4cc3n5-c3ccccc3)N2)C=C1. The third kappa shape index (κ3) is 4.87. The Bertz CT molecular complexity index is 3030. The number of nitrogens with one attached hydrogen (secondary N) is 1. The van der Waals surface area contributed by atoms with Gasteiger partial charge in [0.2, 0.25) is 6.29 Å². The van der Waals surface area contributed by atoms with Gasteiger partial charge in [-0.2, -0.15) is 0 Å². The molecule has 7 aromatic carbocycles. The van der Waals surface area contributed by atoms with E-state index in [2.05, 4.69) is 203 Å². The Kier molecular flexibility index (Phi) is 7.02. The van der Waals surface area contributed by atoms with Crippen molar-refractivity contribution in [3.8, 4) is 16.8 Å². The van der Waals surface area contributed by atoms with Crippen molar-refractivity contribution in [2.75, 3.05) is 0 Å². The van der Waals surface area contributed by atoms with E-state index in [1.807, 2.05) is 0 Å². The van der Waals surface area contributed by atoms with Crippen LogP contribution in [0.15, 0.2) is 199 Å². The van der Waals surface area contributed by atoms with Gasteiger partial charge in [-0.25, -0.2) is 4.99 Å². The van der Waals surface area contributed by atoms with E-state index in [1.54, 1.807) is 0 Å². The van der Waals surface area contributed by atoms with Crippen molar-refractivity contribution in [3.05, 3.63) is 199 Å². The summed E-state index contributed by atoms with van der Waals surface area (Å²) in [6.45, 7) is 0. The number of benzene rings is 7. The molecule has 4 heteroatoms. The van der Waals surface area contributed by atoms with Crippen molar-refractivity contribution in [2.45, 2.75) is 12.7 Å². The Balaban J connectivity index is 1.16. The number of hydrogen-bond acceptors (Lipinski definition) is 2. The van der Waals surface area contributed by atoms with Crippen LogP contribution in [0, 0.1) is 5.92 Å². The lowest BCUT2D eigenvalue weighted by molar-refractivity contribution is 0.454. The van der Waals surface area contributed by atoms with Crippen molar-refractivity contribution in [1.82, 2.24) is 14.5 Å². The largest absolute Gasteiger partial charge is 0.349 e. The number of allylic oxidation sites excluding steroid dienone is 5. The van der Waals surface area contributed by atoms with Crippen LogP contribution in [0.5, 0.6) is 0 Å². The number of hydrogen-bond donors (Lipinski definition) is 1. The maximum Gasteiger partial charge on any atom is 0.201 e. The number of para-hydroxylation sites is 2. The molecule has 2 unspecified atom stereocenters. The zero-order valence-electron chi connectivity index (χ0n) is 29.6. The Morgan fingerprint density at radius 2 is 1.26 bits per heavy atom. The number of nitrogens with zero attached hydrogens (tertiary/aromatic N) is 3. The predicted octanol–water partition coefficient (Wildman–Crippen LogP) is 12.3. The molecule has 1 aliphatic carbocycles. The summed E-state index contributed by atoms with van der Waals surface area (Å²) in [6, 6.07) is 57.1. The van der Waals surface area contributed by atoms with Crippen LogP contribution in [-0.2, 0) is 0 Å². The topological polar surface area (TPSA) is 34.2 Å². The highest BCUT2D eigenvalue weighted by atomic mass is 15.3. The quantitative estimate of drug-likeness (QED) is 0.191. The molecule has 1 N–H and O–H groups in total. The molecule has 4 nitrogen and oxygen atoms in total. The molecule has 2 aliphatic rings. The van der Waals surface area contributed by atoms with E-state index < -0.39 is 0 Å². The highest BCUT2D eigenvalue weighted by Gasteiger charge is 2.27. The molecular formula is C50H36N4. The summed E-state index contributed by atoms with van der Waals surface area (Å²) in [4.78, 5) is 5.53. The van der Waals surface area contributed by atoms with Crippen LogP contribution in [-0.4, -0.2) is 14.8 Å². The second kappa shape index (κ2) is 12.4. The van der Waals surface area contributed by atoms with Crippen LogP contribution in [0.1, 0.15) is 18.3 Å². The van der Waals surface area contributed by atoms with E-state index in [9.17, 15) is 0 Å². The minimum atomic E-state index is -0.356. The third-order valence-electron chi connectivity index (χ3n) is 11.2. The first-order chi connectivity index (χ1) is 26.8. The van der Waals surface area contributed by atoms with Gasteiger partial charge in [0.15, 0.2) is 0 Å². The van der Waals surface area contributed by atoms with Crippen LogP contribution < -0.4 is 5.32 Å². The standard InChI is InChI=1S/C50H36N4/c1-4-14-33(15-5-1)34-24-26-36(27-25-34)44-32-43(35-16-6-2-7-17-35)51-50(52-44)54-45-23-13-12-22-41(45)48-46(54)29-28-40-42-30-37-18-10-11-19-38(37)31-47(42)53(49(40)48)39-20-8-3-9-21-39/h1-16,18-32,35,50-51H,17H2. The van der Waals surface area contributed by atoms with Gasteiger partial charge in [-0.05, 0) is 76.4 Å². The minimum Gasteiger partial charge on any atom is -0.349 e. The molecule has 0 radical (unpaired) electrons. The molecule has 0 saturated heterocycles. The molecule has 9 aromatic rings. The second-order valence-corrected chi connectivity index (χ2v) is 14.4. The first-order valence-corrected chi connectivity index (χ1v) is 18.8. The van der Waals surface area contributed by atoms with Crippen LogP contribution in [0.3, 0.4) is 0 Å². The van der Waals surface area contributed by atoms with Gasteiger partial charge in [0, 0.05) is 38.8 Å². The molecule has 1 aliphatic heterocycles. The maximum atomic E-state index is 5.53. The molecule has 0 saturated carbocycles. The fourth-order valence-electron chi connectivity index (χ4n) is 8.69. The number of rotatable bonds is 5. The fraction of sp³-hybridized carbons (Fsp3) is 0.0600. The zero-order valence-corrected chi connectivity index (χ0v) is 29.6. The molecule has 3 heterocycles. The summed E-state index contributed by atoms with van der Waals surface area (Å²) in [7, 11) is 0. The molecular weight excluding hydrogens is 657 g/mol. The van der Waals surface area contributed by atoms with Gasteiger partial charge in [0.25, 0.3) is 0 Å². The van der Waals surface area contributed by atoms with Crippen molar-refractivity contribution < 1.29 is 0 Å². The summed E-state index contributed by atoms with van der Waals surface area (Å²) >= 11 is 0. The first kappa shape index (κ1) is 30.7. The van der Waals surface area contributed by atoms with E-state index in [0.717, 1.165) is 34.4 Å². The molecule has 2 aromatic heterocycles. The number of aliphatic imine (C=N–C) groups is 1. The molecule has 0 fully saturated rings. The average Bonchev–Trinajstić information content (AvgIpc) is 3.76. The fourth-order valence-corrected chi connectivity index (χ4v) is 8.69. The van der Waals surface area contributed by atoms with Crippen LogP contribution >= 0.6 is 0 Å². The molecule has 0 bridgehead atoms. The summed E-state index contributed by atoms with van der Waals surface area (Å²) in [5.41, 5.74) is 11.5. The molecule has 256 valence electrons. The lowest BCUT2D eigenvalue weighted by Crippen LogP contribution is -2.32. The highest BCUT2D eigenvalue weighted by molar-refractivity contribution is 6.26. The number of aromatic nitrogens is 2. The lowest BCUT2D eigenvalue weighted by Gasteiger charge is -2.30. The van der Waals surface area contributed by atoms with Crippen molar-refractivity contribution >= 4 is 60.1 Å². The van der Waals surface area contributed by atoms with Crippen molar-refractivity contribution in [1.29, 1.82) is 0 Å². The van der Waals surface area contributed by atoms with Gasteiger partial charge in [0.1, 0.15) is 0 Å². The number of fused-ring (bicyclic) bond motifs is 8. The van der Waals surface area contributed by atoms with Crippen LogP contribution in [0.2, 0.25) is 0 Å². The third-order valence-corrected chi connectivity index (χ3v) is 11.2. The average molecular weight is 693 g/mol. The van der Waals surface area contributed by atoms with Gasteiger partial charge in [0.05, 0.1) is 27.8 Å². The molecule has 0 amide bonds. The Morgan fingerprint density at radius 1 is 0.556 bits per heavy atom. The van der Waals surface area contributed by atoms with Gasteiger partial charge in [-0.3, -0.25) is 0 Å². The van der Waals surface area contributed by atoms with Gasteiger partial charge in [-0.1, -0.05) is 146 Å². The Morgan fingerprint density at radius 3 is 2.06 bits per heavy atom. The lowest BCUT2D eigenvalue weighted by atomic mass is 9.94. The van der Waals surface area contributed by atoms with E-state index in [4.69, 9.17) is 4.99 Å². The van der Waals surface area contributed by atoms with Crippen molar-refractivity contribution in [2.24, 2.45) is 10.9 Å². The summed E-state index contributed by atoms with van der Waals surface area (Å²) in [5.74, 6) is 0.237. The van der Waals surface area contributed by atoms with Crippen LogP contribution in [0.25, 0.3) is 71.2 Å². The van der Waals surface area contributed by atoms with Gasteiger partial charge in [-0.15, -0.1) is 0 Å². The monoisotopic (exact) mass is 692 g/mol. The maximum absolute atomic E-state index is 5.53. The minimum absolute atomic E-state index is 0.237. The Labute approximate surface area is 313 Å². The van der Waals surface area contributed by atoms with E-state index >= 15 is 0 Å². The zero-order chi connectivity index (χ0) is 35.6.